The molecule has 3 heterocycles. The van der Waals surface area contributed by atoms with Gasteiger partial charge in [-0.1, -0.05) is 58.9 Å². The largest absolute Gasteiger partial charge is 0.381 e. The summed E-state index contributed by atoms with van der Waals surface area (Å²) in [7, 11) is 0.361. The Bertz CT molecular complexity index is 172. The van der Waals surface area contributed by atoms with Gasteiger partial charge in [0, 0.05) is 102 Å². The zero-order valence-corrected chi connectivity index (χ0v) is 26.8. The summed E-state index contributed by atoms with van der Waals surface area (Å²) < 4.78 is 14.8. The van der Waals surface area contributed by atoms with Gasteiger partial charge in [-0.15, -0.1) is 0 Å². The Labute approximate surface area is 213 Å². The molecule has 0 saturated carbocycles. The predicted octanol–water partition coefficient (Wildman–Crippen LogP) is 5.74. The fourth-order valence-electron chi connectivity index (χ4n) is 1.53. The third kappa shape index (κ3) is 81.7. The van der Waals surface area contributed by atoms with Crippen LogP contribution < -0.4 is 0 Å². The third-order valence-corrected chi connectivity index (χ3v) is 2.48. The summed E-state index contributed by atoms with van der Waals surface area (Å²) in [6.07, 6.45) is 7.67. The molecule has 3 aliphatic rings. The normalized spacial score (nSPS) is 16.1. The van der Waals surface area contributed by atoms with Crippen molar-refractivity contribution in [3.05, 3.63) is 0 Å². The standard InChI is InChI=1S/3C4H8O.3C3H9Si.Ge.Li/c3*1-2-4-5-3-1;3*1-4(2)3;;/h3*1-4H2;3*1-3H3;;. The van der Waals surface area contributed by atoms with Gasteiger partial charge in [-0.3, -0.25) is 0 Å². The molecule has 29 heavy (non-hydrogen) atoms. The zero-order chi connectivity index (χ0) is 21.3. The van der Waals surface area contributed by atoms with E-state index >= 15 is 0 Å². The van der Waals surface area contributed by atoms with Crippen LogP contribution in [-0.2, 0) is 14.2 Å². The van der Waals surface area contributed by atoms with E-state index in [1.54, 1.807) is 0 Å². The maximum absolute atomic E-state index is 4.94. The van der Waals surface area contributed by atoms with Gasteiger partial charge in [0.15, 0.2) is 0 Å². The quantitative estimate of drug-likeness (QED) is 0.385. The summed E-state index contributed by atoms with van der Waals surface area (Å²) >= 11 is 0. The van der Waals surface area contributed by atoms with Crippen LogP contribution >= 0.6 is 0 Å². The minimum absolute atomic E-state index is 0. The average Bonchev–Trinajstić information content (AvgIpc) is 3.31. The molecule has 0 bridgehead atoms. The molecule has 3 saturated heterocycles. The molecule has 0 atom stereocenters. The van der Waals surface area contributed by atoms with Crippen LogP contribution in [-0.4, -0.2) is 102 Å². The second-order valence-electron chi connectivity index (χ2n) is 8.46. The Morgan fingerprint density at radius 2 is 0.483 bits per heavy atom. The van der Waals surface area contributed by atoms with Crippen molar-refractivity contribution in [3.63, 3.8) is 0 Å². The van der Waals surface area contributed by atoms with Crippen LogP contribution in [0.3, 0.4) is 0 Å². The Balaban J connectivity index is -0.0000000788. The molecule has 0 spiro atoms. The molecule has 0 aromatic carbocycles. The maximum Gasteiger partial charge on any atom is 0.0466 e. The van der Waals surface area contributed by atoms with E-state index in [-0.39, 0.29) is 62.8 Å². The van der Waals surface area contributed by atoms with Gasteiger partial charge in [-0.2, -0.15) is 0 Å². The van der Waals surface area contributed by atoms with Crippen molar-refractivity contribution >= 4 is 62.8 Å². The second kappa shape index (κ2) is 37.0. The second-order valence-corrected chi connectivity index (χ2v) is 17.5. The summed E-state index contributed by atoms with van der Waals surface area (Å²) in [5.41, 5.74) is 0. The van der Waals surface area contributed by atoms with E-state index in [1.807, 2.05) is 0 Å². The molecule has 0 aromatic heterocycles. The van der Waals surface area contributed by atoms with Crippen molar-refractivity contribution in [2.75, 3.05) is 39.6 Å². The van der Waals surface area contributed by atoms with Crippen LogP contribution in [0.25, 0.3) is 0 Å². The molecule has 3 fully saturated rings. The van der Waals surface area contributed by atoms with E-state index < -0.39 is 0 Å². The molecule has 0 amide bonds. The minimum atomic E-state index is 0. The molecule has 3 aliphatic heterocycles. The van der Waals surface area contributed by atoms with Gasteiger partial charge in [-0.25, -0.2) is 0 Å². The monoisotopic (exact) mass is 516 g/mol. The van der Waals surface area contributed by atoms with Crippen molar-refractivity contribution in [1.29, 1.82) is 0 Å². The van der Waals surface area contributed by atoms with Gasteiger partial charge in [0.2, 0.25) is 0 Å². The topological polar surface area (TPSA) is 27.7 Å². The molecule has 3 rings (SSSR count). The van der Waals surface area contributed by atoms with E-state index in [0.29, 0.717) is 0 Å². The predicted molar refractivity (Wildman–Crippen MR) is 142 cm³/mol. The van der Waals surface area contributed by atoms with Crippen molar-refractivity contribution < 1.29 is 14.2 Å². The first kappa shape index (κ1) is 41.0. The van der Waals surface area contributed by atoms with E-state index in [4.69, 9.17) is 14.2 Å². The molecule has 3 nitrogen and oxygen atoms in total. The maximum atomic E-state index is 4.94. The van der Waals surface area contributed by atoms with Gasteiger partial charge in [0.1, 0.15) is 0 Å². The SMILES string of the molecule is C1CCOC1.C1CCOC1.C1CCOC1.C[Si](C)C.C[Si](C)C.C[Si](C)C.[Ge].[Li]. The van der Waals surface area contributed by atoms with E-state index in [0.717, 1.165) is 39.6 Å². The third-order valence-electron chi connectivity index (χ3n) is 2.48. The molecular weight excluding hydrogens is 464 g/mol. The molecule has 8 radical (unpaired) electrons. The molecule has 0 aromatic rings. The van der Waals surface area contributed by atoms with E-state index in [9.17, 15) is 0 Å². The molecule has 0 aliphatic carbocycles. The molecule has 0 N–H and O–H groups in total. The van der Waals surface area contributed by atoms with Crippen molar-refractivity contribution in [3.8, 4) is 0 Å². The van der Waals surface area contributed by atoms with Crippen LogP contribution in [0, 0.1) is 0 Å². The fourth-order valence-corrected chi connectivity index (χ4v) is 1.53. The van der Waals surface area contributed by atoms with Gasteiger partial charge in [0.05, 0.1) is 0 Å². The molecule has 170 valence electrons. The Kier molecular flexibility index (Phi) is 52.3. The first-order valence-corrected chi connectivity index (χ1v) is 19.7. The first-order chi connectivity index (χ1) is 12.7. The number of ether oxygens (including phenoxy) is 3. The molecular formula is C21H51GeLiO3Si3. The van der Waals surface area contributed by atoms with Crippen molar-refractivity contribution in [1.82, 2.24) is 0 Å². The van der Waals surface area contributed by atoms with Crippen molar-refractivity contribution in [2.45, 2.75) is 97.4 Å². The van der Waals surface area contributed by atoms with E-state index in [2.05, 4.69) is 58.9 Å². The van der Waals surface area contributed by atoms with E-state index in [1.165, 1.54) is 38.5 Å². The van der Waals surface area contributed by atoms with Gasteiger partial charge >= 0.3 is 0 Å². The summed E-state index contributed by atoms with van der Waals surface area (Å²) in [5.74, 6) is 0. The van der Waals surface area contributed by atoms with Crippen LogP contribution in [0.15, 0.2) is 0 Å². The molecule has 8 heteroatoms. The van der Waals surface area contributed by atoms with Crippen LogP contribution in [0.1, 0.15) is 38.5 Å². The average molecular weight is 515 g/mol. The summed E-state index contributed by atoms with van der Waals surface area (Å²) in [5, 5.41) is 0. The Morgan fingerprint density at radius 3 is 0.517 bits per heavy atom. The zero-order valence-electron chi connectivity index (χ0n) is 21.7. The Morgan fingerprint density at radius 1 is 0.379 bits per heavy atom. The summed E-state index contributed by atoms with van der Waals surface area (Å²) in [6, 6.07) is 0. The fraction of sp³-hybridized carbons (Fsp3) is 1.00. The Hall–Kier alpha value is 1.67. The van der Waals surface area contributed by atoms with Crippen LogP contribution in [0.4, 0.5) is 0 Å². The van der Waals surface area contributed by atoms with Crippen LogP contribution in [0.5, 0.6) is 0 Å². The number of hydrogen-bond donors (Lipinski definition) is 0. The van der Waals surface area contributed by atoms with Gasteiger partial charge in [-0.05, 0) is 38.5 Å². The smallest absolute Gasteiger partial charge is 0.0466 e. The minimum Gasteiger partial charge on any atom is -0.381 e. The molecule has 0 unspecified atom stereocenters. The first-order valence-electron chi connectivity index (χ1n) is 10.7. The van der Waals surface area contributed by atoms with Gasteiger partial charge < -0.3 is 14.2 Å². The van der Waals surface area contributed by atoms with Gasteiger partial charge in [0.25, 0.3) is 0 Å². The summed E-state index contributed by atoms with van der Waals surface area (Å²) in [4.78, 5) is 0. The summed E-state index contributed by atoms with van der Waals surface area (Å²) in [6.45, 7) is 26.4. The number of hydrogen-bond acceptors (Lipinski definition) is 3. The number of rotatable bonds is 0. The van der Waals surface area contributed by atoms with Crippen LogP contribution in [0.2, 0.25) is 58.9 Å². The van der Waals surface area contributed by atoms with Crippen molar-refractivity contribution in [2.24, 2.45) is 0 Å².